The van der Waals surface area contributed by atoms with Gasteiger partial charge in [0.05, 0.1) is 5.69 Å². The van der Waals surface area contributed by atoms with Gasteiger partial charge < -0.3 is 15.4 Å². The van der Waals surface area contributed by atoms with Crippen LogP contribution in [-0.4, -0.2) is 24.3 Å². The van der Waals surface area contributed by atoms with Gasteiger partial charge >= 0.3 is 6.09 Å². The SMILES string of the molecule is CC(C)(C)OC(=O)NCC1CCCCC1Nc1ccccc1F. The molecule has 23 heavy (non-hydrogen) atoms. The Bertz CT molecular complexity index is 528. The fourth-order valence-electron chi connectivity index (χ4n) is 2.95. The van der Waals surface area contributed by atoms with Crippen LogP contribution in [0.2, 0.25) is 0 Å². The molecule has 2 atom stereocenters. The van der Waals surface area contributed by atoms with E-state index >= 15 is 0 Å². The summed E-state index contributed by atoms with van der Waals surface area (Å²) in [5.74, 6) is 0.0350. The number of rotatable bonds is 4. The van der Waals surface area contributed by atoms with E-state index in [1.165, 1.54) is 6.07 Å². The predicted octanol–water partition coefficient (Wildman–Crippen LogP) is 4.32. The summed E-state index contributed by atoms with van der Waals surface area (Å²) < 4.78 is 19.1. The quantitative estimate of drug-likeness (QED) is 0.868. The van der Waals surface area contributed by atoms with Crippen molar-refractivity contribution in [1.82, 2.24) is 5.32 Å². The molecule has 0 heterocycles. The van der Waals surface area contributed by atoms with E-state index in [0.29, 0.717) is 12.2 Å². The summed E-state index contributed by atoms with van der Waals surface area (Å²) >= 11 is 0. The van der Waals surface area contributed by atoms with Crippen LogP contribution >= 0.6 is 0 Å². The van der Waals surface area contributed by atoms with Crippen molar-refractivity contribution < 1.29 is 13.9 Å². The first-order chi connectivity index (χ1) is 10.8. The number of hydrogen-bond acceptors (Lipinski definition) is 3. The molecular formula is C18H27FN2O2. The number of para-hydroxylation sites is 1. The number of carbonyl (C=O) groups is 1. The average Bonchev–Trinajstić information content (AvgIpc) is 2.47. The van der Waals surface area contributed by atoms with Gasteiger partial charge in [0.25, 0.3) is 0 Å². The molecule has 4 nitrogen and oxygen atoms in total. The Hall–Kier alpha value is -1.78. The second-order valence-corrected chi connectivity index (χ2v) is 7.16. The molecule has 1 amide bonds. The molecule has 1 saturated carbocycles. The smallest absolute Gasteiger partial charge is 0.407 e. The van der Waals surface area contributed by atoms with Crippen LogP contribution in [0.15, 0.2) is 24.3 Å². The first kappa shape index (κ1) is 17.6. The van der Waals surface area contributed by atoms with Crippen molar-refractivity contribution in [2.75, 3.05) is 11.9 Å². The number of alkyl carbamates (subject to hydrolysis) is 1. The summed E-state index contributed by atoms with van der Waals surface area (Å²) in [5, 5.41) is 6.15. The van der Waals surface area contributed by atoms with Gasteiger partial charge in [0, 0.05) is 12.6 Å². The molecule has 2 unspecified atom stereocenters. The Balaban J connectivity index is 1.91. The van der Waals surface area contributed by atoms with Gasteiger partial charge in [-0.05, 0) is 51.7 Å². The highest BCUT2D eigenvalue weighted by Gasteiger charge is 2.26. The summed E-state index contributed by atoms with van der Waals surface area (Å²) in [5.41, 5.74) is 0.0308. The minimum Gasteiger partial charge on any atom is -0.444 e. The maximum atomic E-state index is 13.8. The summed E-state index contributed by atoms with van der Waals surface area (Å²) in [6.07, 6.45) is 3.86. The zero-order valence-corrected chi connectivity index (χ0v) is 14.2. The van der Waals surface area contributed by atoms with Crippen LogP contribution in [-0.2, 0) is 4.74 Å². The lowest BCUT2D eigenvalue weighted by Gasteiger charge is -2.33. The van der Waals surface area contributed by atoms with Crippen LogP contribution in [0.1, 0.15) is 46.5 Å². The first-order valence-corrected chi connectivity index (χ1v) is 8.33. The molecule has 2 N–H and O–H groups in total. The summed E-state index contributed by atoms with van der Waals surface area (Å²) in [6.45, 7) is 6.07. The lowest BCUT2D eigenvalue weighted by molar-refractivity contribution is 0.0514. The second-order valence-electron chi connectivity index (χ2n) is 7.16. The van der Waals surface area contributed by atoms with Crippen molar-refractivity contribution >= 4 is 11.8 Å². The number of halogens is 1. The van der Waals surface area contributed by atoms with Crippen LogP contribution in [0, 0.1) is 11.7 Å². The minimum absolute atomic E-state index is 0.163. The van der Waals surface area contributed by atoms with Gasteiger partial charge in [-0.1, -0.05) is 25.0 Å². The molecule has 0 spiro atoms. The van der Waals surface area contributed by atoms with Gasteiger partial charge in [-0.15, -0.1) is 0 Å². The largest absolute Gasteiger partial charge is 0.444 e. The van der Waals surface area contributed by atoms with Gasteiger partial charge in [-0.3, -0.25) is 0 Å². The zero-order chi connectivity index (χ0) is 16.9. The third-order valence-corrected chi connectivity index (χ3v) is 4.03. The van der Waals surface area contributed by atoms with Crippen molar-refractivity contribution in [2.24, 2.45) is 5.92 Å². The topological polar surface area (TPSA) is 50.4 Å². The Morgan fingerprint density at radius 1 is 1.26 bits per heavy atom. The molecule has 0 bridgehead atoms. The maximum Gasteiger partial charge on any atom is 0.407 e. The predicted molar refractivity (Wildman–Crippen MR) is 90.0 cm³/mol. The zero-order valence-electron chi connectivity index (χ0n) is 14.2. The molecule has 128 valence electrons. The highest BCUT2D eigenvalue weighted by molar-refractivity contribution is 5.67. The molecule has 1 aliphatic rings. The van der Waals surface area contributed by atoms with E-state index in [-0.39, 0.29) is 17.8 Å². The highest BCUT2D eigenvalue weighted by Crippen LogP contribution is 2.28. The van der Waals surface area contributed by atoms with E-state index in [9.17, 15) is 9.18 Å². The summed E-state index contributed by atoms with van der Waals surface area (Å²) in [6, 6.07) is 6.88. The monoisotopic (exact) mass is 322 g/mol. The van der Waals surface area contributed by atoms with Gasteiger partial charge in [-0.2, -0.15) is 0 Å². The van der Waals surface area contributed by atoms with Crippen LogP contribution in [0.25, 0.3) is 0 Å². The Kier molecular flexibility index (Phi) is 5.85. The number of carbonyl (C=O) groups excluding carboxylic acids is 1. The van der Waals surface area contributed by atoms with E-state index < -0.39 is 11.7 Å². The van der Waals surface area contributed by atoms with Gasteiger partial charge in [0.1, 0.15) is 11.4 Å². The Morgan fingerprint density at radius 3 is 2.65 bits per heavy atom. The normalized spacial score (nSPS) is 21.6. The number of anilines is 1. The maximum absolute atomic E-state index is 13.8. The van der Waals surface area contributed by atoms with E-state index in [4.69, 9.17) is 4.74 Å². The average molecular weight is 322 g/mol. The van der Waals surface area contributed by atoms with Crippen LogP contribution < -0.4 is 10.6 Å². The molecule has 0 radical (unpaired) electrons. The number of amides is 1. The molecule has 1 aliphatic carbocycles. The van der Waals surface area contributed by atoms with Crippen molar-refractivity contribution in [3.05, 3.63) is 30.1 Å². The molecular weight excluding hydrogens is 295 g/mol. The lowest BCUT2D eigenvalue weighted by atomic mass is 9.84. The van der Waals surface area contributed by atoms with Gasteiger partial charge in [0.15, 0.2) is 0 Å². The molecule has 0 aromatic heterocycles. The number of nitrogens with one attached hydrogen (secondary N) is 2. The summed E-state index contributed by atoms with van der Waals surface area (Å²) in [7, 11) is 0. The van der Waals surface area contributed by atoms with Crippen molar-refractivity contribution in [3.63, 3.8) is 0 Å². The van der Waals surface area contributed by atoms with E-state index in [0.717, 1.165) is 25.7 Å². The molecule has 1 fully saturated rings. The molecule has 1 aromatic rings. The minimum atomic E-state index is -0.499. The third-order valence-electron chi connectivity index (χ3n) is 4.03. The standard InChI is InChI=1S/C18H27FN2O2/c1-18(2,3)23-17(22)20-12-13-8-4-6-10-15(13)21-16-11-7-5-9-14(16)19/h5,7,9,11,13,15,21H,4,6,8,10,12H2,1-3H3,(H,20,22). The number of benzene rings is 1. The molecule has 2 rings (SSSR count). The Labute approximate surface area is 137 Å². The molecule has 0 saturated heterocycles. The van der Waals surface area contributed by atoms with Gasteiger partial charge in [-0.25, -0.2) is 9.18 Å². The first-order valence-electron chi connectivity index (χ1n) is 8.33. The van der Waals surface area contributed by atoms with E-state index in [1.54, 1.807) is 12.1 Å². The third kappa shape index (κ3) is 5.73. The molecule has 5 heteroatoms. The fraction of sp³-hybridized carbons (Fsp3) is 0.611. The second kappa shape index (κ2) is 7.66. The number of ether oxygens (including phenoxy) is 1. The van der Waals surface area contributed by atoms with Crippen LogP contribution in [0.3, 0.4) is 0 Å². The summed E-state index contributed by atoms with van der Waals surface area (Å²) in [4.78, 5) is 11.8. The van der Waals surface area contributed by atoms with Gasteiger partial charge in [0.2, 0.25) is 0 Å². The highest BCUT2D eigenvalue weighted by atomic mass is 19.1. The van der Waals surface area contributed by atoms with E-state index in [1.807, 2.05) is 26.8 Å². The number of hydrogen-bond donors (Lipinski definition) is 2. The van der Waals surface area contributed by atoms with Crippen LogP contribution in [0.5, 0.6) is 0 Å². The fourth-order valence-corrected chi connectivity index (χ4v) is 2.95. The molecule has 0 aliphatic heterocycles. The van der Waals surface area contributed by atoms with Crippen molar-refractivity contribution in [1.29, 1.82) is 0 Å². The Morgan fingerprint density at radius 2 is 1.96 bits per heavy atom. The lowest BCUT2D eigenvalue weighted by Crippen LogP contribution is -2.42. The molecule has 1 aromatic carbocycles. The van der Waals surface area contributed by atoms with Crippen molar-refractivity contribution in [3.8, 4) is 0 Å². The van der Waals surface area contributed by atoms with Crippen molar-refractivity contribution in [2.45, 2.75) is 58.1 Å². The van der Waals surface area contributed by atoms with Crippen LogP contribution in [0.4, 0.5) is 14.9 Å². The van der Waals surface area contributed by atoms with E-state index in [2.05, 4.69) is 10.6 Å².